The van der Waals surface area contributed by atoms with Gasteiger partial charge in [0.05, 0.1) is 15.6 Å². The van der Waals surface area contributed by atoms with Crippen molar-refractivity contribution in [1.29, 1.82) is 0 Å². The second-order valence-corrected chi connectivity index (χ2v) is 6.75. The maximum atomic E-state index is 10.8. The van der Waals surface area contributed by atoms with Crippen LogP contribution in [0, 0.1) is 11.8 Å². The average molecular weight is 287 g/mol. The Balaban J connectivity index is 2.19. The molecule has 1 fully saturated rings. The molecule has 0 saturated heterocycles. The molecule has 0 bridgehead atoms. The zero-order valence-corrected chi connectivity index (χ0v) is 12.4. The Hall–Kier alpha value is -0.240. The fourth-order valence-electron chi connectivity index (χ4n) is 3.42. The molecule has 2 rings (SSSR count). The molecule has 1 N–H and O–H groups in total. The molecule has 1 saturated carbocycles. The van der Waals surface area contributed by atoms with E-state index in [4.69, 9.17) is 23.2 Å². The molecular formula is C15H20Cl2O. The summed E-state index contributed by atoms with van der Waals surface area (Å²) in [5.41, 5.74) is 0.318. The molecule has 0 amide bonds. The Morgan fingerprint density at radius 3 is 2.44 bits per heavy atom. The van der Waals surface area contributed by atoms with E-state index in [-0.39, 0.29) is 0 Å². The van der Waals surface area contributed by atoms with Crippen molar-refractivity contribution in [2.75, 3.05) is 0 Å². The Bertz CT molecular complexity index is 421. The monoisotopic (exact) mass is 286 g/mol. The van der Waals surface area contributed by atoms with Gasteiger partial charge in [-0.1, -0.05) is 49.2 Å². The first-order valence-electron chi connectivity index (χ1n) is 6.55. The molecule has 1 aliphatic carbocycles. The van der Waals surface area contributed by atoms with Gasteiger partial charge in [0, 0.05) is 6.42 Å². The molecule has 1 aliphatic rings. The van der Waals surface area contributed by atoms with Crippen LogP contribution in [0.2, 0.25) is 10.0 Å². The second kappa shape index (κ2) is 5.40. The molecule has 2 unspecified atom stereocenters. The van der Waals surface area contributed by atoms with Crippen molar-refractivity contribution in [3.63, 3.8) is 0 Å². The summed E-state index contributed by atoms with van der Waals surface area (Å²) in [6.45, 7) is 4.42. The molecule has 3 heteroatoms. The molecule has 1 aromatic rings. The number of benzene rings is 1. The predicted molar refractivity (Wildman–Crippen MR) is 77.3 cm³/mol. The highest BCUT2D eigenvalue weighted by Gasteiger charge is 2.36. The molecular weight excluding hydrogens is 267 g/mol. The fourth-order valence-corrected chi connectivity index (χ4v) is 3.80. The van der Waals surface area contributed by atoms with Crippen LogP contribution in [-0.2, 0) is 6.42 Å². The molecule has 2 atom stereocenters. The molecule has 0 aromatic heterocycles. The lowest BCUT2D eigenvalue weighted by molar-refractivity contribution is -0.0304. The van der Waals surface area contributed by atoms with Crippen LogP contribution in [0.4, 0.5) is 0 Å². The summed E-state index contributed by atoms with van der Waals surface area (Å²) in [6, 6.07) is 5.63. The van der Waals surface area contributed by atoms with Crippen LogP contribution in [0.25, 0.3) is 0 Å². The third-order valence-corrected chi connectivity index (χ3v) is 4.67. The van der Waals surface area contributed by atoms with Crippen LogP contribution in [0.1, 0.15) is 38.7 Å². The van der Waals surface area contributed by atoms with E-state index in [1.165, 1.54) is 6.42 Å². The van der Waals surface area contributed by atoms with Gasteiger partial charge in [-0.2, -0.15) is 0 Å². The van der Waals surface area contributed by atoms with E-state index in [2.05, 4.69) is 13.8 Å². The third-order valence-electron chi connectivity index (χ3n) is 3.81. The van der Waals surface area contributed by atoms with Crippen LogP contribution in [-0.4, -0.2) is 10.7 Å². The van der Waals surface area contributed by atoms with E-state index in [0.717, 1.165) is 18.4 Å². The Morgan fingerprint density at radius 2 is 1.83 bits per heavy atom. The van der Waals surface area contributed by atoms with Gasteiger partial charge in [-0.3, -0.25) is 0 Å². The highest BCUT2D eigenvalue weighted by atomic mass is 35.5. The van der Waals surface area contributed by atoms with E-state index in [9.17, 15) is 5.11 Å². The highest BCUT2D eigenvalue weighted by molar-refractivity contribution is 6.42. The third kappa shape index (κ3) is 3.20. The molecule has 0 aliphatic heterocycles. The SMILES string of the molecule is CC1CC(C)CC(O)(Cc2cccc(Cl)c2Cl)C1. The Morgan fingerprint density at radius 1 is 1.22 bits per heavy atom. The topological polar surface area (TPSA) is 20.2 Å². The molecule has 0 spiro atoms. The quantitative estimate of drug-likeness (QED) is 0.834. The average Bonchev–Trinajstić information content (AvgIpc) is 2.22. The summed E-state index contributed by atoms with van der Waals surface area (Å²) in [5.74, 6) is 1.13. The van der Waals surface area contributed by atoms with Gasteiger partial charge in [0.1, 0.15) is 0 Å². The van der Waals surface area contributed by atoms with Crippen LogP contribution in [0.3, 0.4) is 0 Å². The zero-order chi connectivity index (χ0) is 13.3. The minimum Gasteiger partial charge on any atom is -0.390 e. The van der Waals surface area contributed by atoms with Gasteiger partial charge >= 0.3 is 0 Å². The minimum absolute atomic E-state index is 0.565. The van der Waals surface area contributed by atoms with Crippen LogP contribution in [0.5, 0.6) is 0 Å². The minimum atomic E-state index is -0.634. The van der Waals surface area contributed by atoms with Crippen molar-refractivity contribution < 1.29 is 5.11 Å². The van der Waals surface area contributed by atoms with Gasteiger partial charge in [-0.25, -0.2) is 0 Å². The van der Waals surface area contributed by atoms with Gasteiger partial charge in [-0.05, 0) is 42.7 Å². The number of hydrogen-bond acceptors (Lipinski definition) is 1. The molecule has 100 valence electrons. The first-order chi connectivity index (χ1) is 8.39. The van der Waals surface area contributed by atoms with Gasteiger partial charge in [0.15, 0.2) is 0 Å². The lowest BCUT2D eigenvalue weighted by Crippen LogP contribution is -2.39. The zero-order valence-electron chi connectivity index (χ0n) is 10.9. The van der Waals surface area contributed by atoms with E-state index < -0.39 is 5.60 Å². The normalized spacial score (nSPS) is 32.5. The highest BCUT2D eigenvalue weighted by Crippen LogP contribution is 2.39. The number of aliphatic hydroxyl groups is 1. The van der Waals surface area contributed by atoms with Crippen molar-refractivity contribution in [3.8, 4) is 0 Å². The van der Waals surface area contributed by atoms with Gasteiger partial charge in [0.25, 0.3) is 0 Å². The maximum Gasteiger partial charge on any atom is 0.0693 e. The first kappa shape index (κ1) is 14.2. The summed E-state index contributed by atoms with van der Waals surface area (Å²) in [6.07, 6.45) is 3.49. The summed E-state index contributed by atoms with van der Waals surface area (Å²) in [4.78, 5) is 0. The van der Waals surface area contributed by atoms with Crippen molar-refractivity contribution in [2.45, 2.75) is 45.1 Å². The van der Waals surface area contributed by atoms with E-state index in [1.807, 2.05) is 12.1 Å². The summed E-state index contributed by atoms with van der Waals surface area (Å²) >= 11 is 12.2. The molecule has 1 nitrogen and oxygen atoms in total. The lowest BCUT2D eigenvalue weighted by Gasteiger charge is -2.39. The van der Waals surface area contributed by atoms with Crippen LogP contribution < -0.4 is 0 Å². The van der Waals surface area contributed by atoms with Crippen LogP contribution in [0.15, 0.2) is 18.2 Å². The summed E-state index contributed by atoms with van der Waals surface area (Å²) in [7, 11) is 0. The second-order valence-electron chi connectivity index (χ2n) is 5.97. The van der Waals surface area contributed by atoms with Crippen molar-refractivity contribution >= 4 is 23.2 Å². The Labute approximate surface area is 119 Å². The molecule has 18 heavy (non-hydrogen) atoms. The lowest BCUT2D eigenvalue weighted by atomic mass is 9.71. The van der Waals surface area contributed by atoms with Crippen molar-refractivity contribution in [1.82, 2.24) is 0 Å². The van der Waals surface area contributed by atoms with Crippen molar-refractivity contribution in [2.24, 2.45) is 11.8 Å². The predicted octanol–water partition coefficient (Wildman–Crippen LogP) is 4.72. The standard InChI is InChI=1S/C15H20Cl2O/c1-10-6-11(2)8-15(18,7-10)9-12-4-3-5-13(16)14(12)17/h3-5,10-11,18H,6-9H2,1-2H3. The first-order valence-corrected chi connectivity index (χ1v) is 7.30. The summed E-state index contributed by atoms with van der Waals surface area (Å²) < 4.78 is 0. The number of halogens is 2. The number of hydrogen-bond donors (Lipinski definition) is 1. The molecule has 0 radical (unpaired) electrons. The fraction of sp³-hybridized carbons (Fsp3) is 0.600. The van der Waals surface area contributed by atoms with E-state index in [0.29, 0.717) is 28.3 Å². The van der Waals surface area contributed by atoms with E-state index >= 15 is 0 Å². The number of rotatable bonds is 2. The van der Waals surface area contributed by atoms with Gasteiger partial charge in [0.2, 0.25) is 0 Å². The van der Waals surface area contributed by atoms with Crippen molar-refractivity contribution in [3.05, 3.63) is 33.8 Å². The largest absolute Gasteiger partial charge is 0.390 e. The summed E-state index contributed by atoms with van der Waals surface area (Å²) in [5, 5.41) is 11.9. The smallest absolute Gasteiger partial charge is 0.0693 e. The van der Waals surface area contributed by atoms with E-state index in [1.54, 1.807) is 6.07 Å². The molecule has 1 aromatic carbocycles. The maximum absolute atomic E-state index is 10.8. The Kier molecular flexibility index (Phi) is 4.25. The van der Waals surface area contributed by atoms with Gasteiger partial charge < -0.3 is 5.11 Å². The molecule has 0 heterocycles. The van der Waals surface area contributed by atoms with Gasteiger partial charge in [-0.15, -0.1) is 0 Å². The van der Waals surface area contributed by atoms with Crippen LogP contribution >= 0.6 is 23.2 Å².